The van der Waals surface area contributed by atoms with Crippen LogP contribution in [0.1, 0.15) is 18.5 Å². The fraction of sp³-hybridized carbons (Fsp3) is 0.214. The Labute approximate surface area is 116 Å². The Morgan fingerprint density at radius 1 is 1.40 bits per heavy atom. The van der Waals surface area contributed by atoms with E-state index in [0.717, 1.165) is 5.56 Å². The van der Waals surface area contributed by atoms with Crippen molar-refractivity contribution in [3.8, 4) is 5.75 Å². The lowest BCUT2D eigenvalue weighted by atomic mass is 10.1. The summed E-state index contributed by atoms with van der Waals surface area (Å²) in [6.45, 7) is 1.95. The van der Waals surface area contributed by atoms with Crippen LogP contribution < -0.4 is 10.1 Å². The summed E-state index contributed by atoms with van der Waals surface area (Å²) < 4.78 is 5.22. The van der Waals surface area contributed by atoms with E-state index in [1.54, 1.807) is 18.5 Å². The van der Waals surface area contributed by atoms with Crippen molar-refractivity contribution >= 4 is 11.4 Å². The molecule has 1 aromatic heterocycles. The van der Waals surface area contributed by atoms with Crippen LogP contribution >= 0.6 is 0 Å². The molecule has 6 heteroatoms. The smallest absolute Gasteiger partial charge is 0.271 e. The normalized spacial score (nSPS) is 11.7. The number of methoxy groups -OCH3 is 1. The highest BCUT2D eigenvalue weighted by molar-refractivity contribution is 5.62. The fourth-order valence-electron chi connectivity index (χ4n) is 1.87. The lowest BCUT2D eigenvalue weighted by Crippen LogP contribution is -2.08. The van der Waals surface area contributed by atoms with Crippen molar-refractivity contribution in [2.45, 2.75) is 13.0 Å². The van der Waals surface area contributed by atoms with Crippen LogP contribution in [0.15, 0.2) is 42.7 Å². The average Bonchev–Trinajstić information content (AvgIpc) is 2.48. The number of aromatic nitrogens is 1. The van der Waals surface area contributed by atoms with E-state index in [2.05, 4.69) is 10.3 Å². The third-order valence-electron chi connectivity index (χ3n) is 2.95. The van der Waals surface area contributed by atoms with E-state index in [9.17, 15) is 10.1 Å². The molecule has 0 aliphatic carbocycles. The van der Waals surface area contributed by atoms with Crippen LogP contribution in [0.3, 0.4) is 0 Å². The Morgan fingerprint density at radius 2 is 2.20 bits per heavy atom. The van der Waals surface area contributed by atoms with Gasteiger partial charge in [-0.15, -0.1) is 0 Å². The van der Waals surface area contributed by atoms with Crippen LogP contribution in [0, 0.1) is 10.1 Å². The van der Waals surface area contributed by atoms with Gasteiger partial charge in [-0.25, -0.2) is 0 Å². The summed E-state index contributed by atoms with van der Waals surface area (Å²) in [5.74, 6) is 0.561. The van der Waals surface area contributed by atoms with Crippen LogP contribution in [-0.4, -0.2) is 17.0 Å². The Hall–Kier alpha value is -2.63. The van der Waals surface area contributed by atoms with Crippen molar-refractivity contribution in [3.63, 3.8) is 0 Å². The number of non-ortho nitro benzene ring substituents is 1. The van der Waals surface area contributed by atoms with Gasteiger partial charge in [0.1, 0.15) is 5.75 Å². The molecule has 6 nitrogen and oxygen atoms in total. The molecular formula is C14H15N3O3. The summed E-state index contributed by atoms with van der Waals surface area (Å²) >= 11 is 0. The number of hydrogen-bond donors (Lipinski definition) is 1. The topological polar surface area (TPSA) is 77.3 Å². The molecule has 0 fully saturated rings. The second-order valence-corrected chi connectivity index (χ2v) is 4.29. The van der Waals surface area contributed by atoms with Gasteiger partial charge in [0.05, 0.1) is 23.8 Å². The Balaban J connectivity index is 2.27. The maximum Gasteiger partial charge on any atom is 0.271 e. The van der Waals surface area contributed by atoms with E-state index < -0.39 is 4.92 Å². The summed E-state index contributed by atoms with van der Waals surface area (Å²) in [7, 11) is 1.53. The second-order valence-electron chi connectivity index (χ2n) is 4.29. The van der Waals surface area contributed by atoms with Gasteiger partial charge in [-0.3, -0.25) is 15.1 Å². The molecule has 1 aromatic carbocycles. The van der Waals surface area contributed by atoms with Gasteiger partial charge in [-0.2, -0.15) is 0 Å². The number of hydrogen-bond acceptors (Lipinski definition) is 5. The highest BCUT2D eigenvalue weighted by Gasteiger charge is 2.14. The maximum atomic E-state index is 10.8. The third-order valence-corrected chi connectivity index (χ3v) is 2.95. The summed E-state index contributed by atoms with van der Waals surface area (Å²) in [4.78, 5) is 14.5. The number of ether oxygens (including phenoxy) is 1. The monoisotopic (exact) mass is 273 g/mol. The zero-order valence-electron chi connectivity index (χ0n) is 11.2. The molecule has 2 rings (SSSR count). The van der Waals surface area contributed by atoms with E-state index in [0.29, 0.717) is 11.4 Å². The lowest BCUT2D eigenvalue weighted by molar-refractivity contribution is -0.384. The number of pyridine rings is 1. The quantitative estimate of drug-likeness (QED) is 0.668. The molecule has 2 aromatic rings. The van der Waals surface area contributed by atoms with Gasteiger partial charge in [0, 0.05) is 24.5 Å². The Morgan fingerprint density at radius 3 is 2.80 bits per heavy atom. The van der Waals surface area contributed by atoms with Crippen molar-refractivity contribution < 1.29 is 9.66 Å². The van der Waals surface area contributed by atoms with Crippen molar-refractivity contribution in [3.05, 3.63) is 58.4 Å². The molecule has 1 heterocycles. The van der Waals surface area contributed by atoms with Gasteiger partial charge in [0.25, 0.3) is 5.69 Å². The molecule has 0 amide bonds. The van der Waals surface area contributed by atoms with Gasteiger partial charge in [-0.1, -0.05) is 6.07 Å². The minimum Gasteiger partial charge on any atom is -0.495 e. The maximum absolute atomic E-state index is 10.8. The van der Waals surface area contributed by atoms with Gasteiger partial charge in [0.2, 0.25) is 0 Å². The molecule has 1 N–H and O–H groups in total. The van der Waals surface area contributed by atoms with Crippen LogP contribution in [0.25, 0.3) is 0 Å². The van der Waals surface area contributed by atoms with Crippen LogP contribution in [0.4, 0.5) is 11.4 Å². The molecular weight excluding hydrogens is 258 g/mol. The first-order valence-corrected chi connectivity index (χ1v) is 6.10. The van der Waals surface area contributed by atoms with Gasteiger partial charge in [-0.05, 0) is 24.6 Å². The van der Waals surface area contributed by atoms with Crippen LogP contribution in [0.5, 0.6) is 5.75 Å². The molecule has 20 heavy (non-hydrogen) atoms. The minimum absolute atomic E-state index is 0.0201. The molecule has 0 spiro atoms. The van der Waals surface area contributed by atoms with E-state index in [-0.39, 0.29) is 11.7 Å². The molecule has 104 valence electrons. The third kappa shape index (κ3) is 3.03. The number of benzene rings is 1. The molecule has 0 radical (unpaired) electrons. The number of nitro benzene ring substituents is 1. The first kappa shape index (κ1) is 13.8. The van der Waals surface area contributed by atoms with Crippen molar-refractivity contribution in [2.75, 3.05) is 12.4 Å². The zero-order chi connectivity index (χ0) is 14.5. The molecule has 0 bridgehead atoms. The van der Waals surface area contributed by atoms with Gasteiger partial charge < -0.3 is 10.1 Å². The highest BCUT2D eigenvalue weighted by Crippen LogP contribution is 2.31. The van der Waals surface area contributed by atoms with Crippen LogP contribution in [-0.2, 0) is 0 Å². The standard InChI is InChI=1S/C14H15N3O3/c1-10(11-4-3-7-15-9-11)16-13-8-12(17(18)19)5-6-14(13)20-2/h3-10,16H,1-2H3. The van der Waals surface area contributed by atoms with E-state index in [1.807, 2.05) is 19.1 Å². The molecule has 1 unspecified atom stereocenters. The van der Waals surface area contributed by atoms with Crippen LogP contribution in [0.2, 0.25) is 0 Å². The van der Waals surface area contributed by atoms with Gasteiger partial charge >= 0.3 is 0 Å². The SMILES string of the molecule is COc1ccc([N+](=O)[O-])cc1NC(C)c1cccnc1. The van der Waals surface area contributed by atoms with Crippen molar-refractivity contribution in [1.29, 1.82) is 0 Å². The molecule has 0 saturated carbocycles. The Bertz CT molecular complexity index is 602. The zero-order valence-corrected chi connectivity index (χ0v) is 11.2. The van der Waals surface area contributed by atoms with Crippen molar-refractivity contribution in [2.24, 2.45) is 0 Å². The second kappa shape index (κ2) is 6.01. The average molecular weight is 273 g/mol. The predicted octanol–water partition coefficient (Wildman–Crippen LogP) is 3.17. The first-order chi connectivity index (χ1) is 9.61. The number of nitrogens with one attached hydrogen (secondary N) is 1. The highest BCUT2D eigenvalue weighted by atomic mass is 16.6. The summed E-state index contributed by atoms with van der Waals surface area (Å²) in [5, 5.41) is 14.0. The van der Waals surface area contributed by atoms with Gasteiger partial charge in [0.15, 0.2) is 0 Å². The van der Waals surface area contributed by atoms with E-state index in [1.165, 1.54) is 19.2 Å². The molecule has 1 atom stereocenters. The molecule has 0 aliphatic rings. The van der Waals surface area contributed by atoms with E-state index >= 15 is 0 Å². The summed E-state index contributed by atoms with van der Waals surface area (Å²) in [6, 6.07) is 8.20. The first-order valence-electron chi connectivity index (χ1n) is 6.10. The lowest BCUT2D eigenvalue weighted by Gasteiger charge is -2.17. The van der Waals surface area contributed by atoms with Crippen molar-refractivity contribution in [1.82, 2.24) is 4.98 Å². The van der Waals surface area contributed by atoms with E-state index in [4.69, 9.17) is 4.74 Å². The summed E-state index contributed by atoms with van der Waals surface area (Å²) in [5.41, 5.74) is 1.59. The minimum atomic E-state index is -0.431. The fourth-order valence-corrected chi connectivity index (χ4v) is 1.87. The number of anilines is 1. The number of nitrogens with zero attached hydrogens (tertiary/aromatic N) is 2. The molecule has 0 aliphatic heterocycles. The predicted molar refractivity (Wildman–Crippen MR) is 75.9 cm³/mol. The Kier molecular flexibility index (Phi) is 4.14. The molecule has 0 saturated heterocycles. The number of rotatable bonds is 5. The largest absolute Gasteiger partial charge is 0.495 e. The summed E-state index contributed by atoms with van der Waals surface area (Å²) in [6.07, 6.45) is 3.45. The number of nitro groups is 1.